The number of hydrogen-bond acceptors (Lipinski definition) is 3. The fourth-order valence-electron chi connectivity index (χ4n) is 9.41. The molecule has 0 fully saturated rings. The average molecular weight is 795 g/mol. The monoisotopic (exact) mass is 794 g/mol. The Morgan fingerprint density at radius 3 is 1.61 bits per heavy atom. The van der Waals surface area contributed by atoms with E-state index in [9.17, 15) is 0 Å². The van der Waals surface area contributed by atoms with Gasteiger partial charge in [0.05, 0.1) is 5.69 Å². The number of thiophene rings is 1. The van der Waals surface area contributed by atoms with Gasteiger partial charge in [0.2, 0.25) is 0 Å². The molecule has 0 aliphatic heterocycles. The summed E-state index contributed by atoms with van der Waals surface area (Å²) in [5.74, 6) is 0. The van der Waals surface area contributed by atoms with Crippen molar-refractivity contribution in [1.29, 1.82) is 0 Å². The van der Waals surface area contributed by atoms with Crippen LogP contribution in [0.4, 0.5) is 34.1 Å². The second kappa shape index (κ2) is 14.5. The smallest absolute Gasteiger partial charge is 0.0540 e. The van der Waals surface area contributed by atoms with Gasteiger partial charge in [0.25, 0.3) is 0 Å². The molecule has 11 aromatic carbocycles. The summed E-state index contributed by atoms with van der Waals surface area (Å²) < 4.78 is 2.58. The number of nitrogens with zero attached hydrogens (tertiary/aromatic N) is 2. The summed E-state index contributed by atoms with van der Waals surface area (Å²) in [6, 6.07) is 84.0. The number of para-hydroxylation sites is 3. The molecule has 0 amide bonds. The standard InChI is InChI=1S/C58H38N2S/c1-4-16-39(17-5-1)49-24-14-15-27-55(49)60(43-21-8-3-9-22-43)46-32-35-53-56(38-46)61-58-52-34-31-45(37-54(52)50-25-12-13-26-51(50)57(53)58)59(42-19-6-2-7-20-42)44-30-33-48-41(36-44)29-28-40-18-10-11-23-47(40)48/h1-38H. The van der Waals surface area contributed by atoms with Crippen LogP contribution < -0.4 is 9.80 Å². The van der Waals surface area contributed by atoms with Crippen molar-refractivity contribution >= 4 is 109 Å². The molecule has 1 heterocycles. The van der Waals surface area contributed by atoms with Gasteiger partial charge in [0.15, 0.2) is 0 Å². The number of benzene rings is 11. The van der Waals surface area contributed by atoms with E-state index in [1.165, 1.54) is 74.4 Å². The van der Waals surface area contributed by atoms with Gasteiger partial charge in [-0.1, -0.05) is 164 Å². The first-order valence-corrected chi connectivity index (χ1v) is 21.7. The molecule has 0 saturated carbocycles. The van der Waals surface area contributed by atoms with Crippen molar-refractivity contribution in [2.24, 2.45) is 0 Å². The molecular formula is C58H38N2S. The zero-order valence-corrected chi connectivity index (χ0v) is 34.1. The highest BCUT2D eigenvalue weighted by molar-refractivity contribution is 7.27. The van der Waals surface area contributed by atoms with Crippen molar-refractivity contribution in [2.75, 3.05) is 9.80 Å². The lowest BCUT2D eigenvalue weighted by Crippen LogP contribution is -2.10. The average Bonchev–Trinajstić information content (AvgIpc) is 3.72. The van der Waals surface area contributed by atoms with Gasteiger partial charge in [-0.05, 0) is 110 Å². The molecule has 0 bridgehead atoms. The van der Waals surface area contributed by atoms with Gasteiger partial charge >= 0.3 is 0 Å². The van der Waals surface area contributed by atoms with Gasteiger partial charge in [0, 0.05) is 59.6 Å². The van der Waals surface area contributed by atoms with Crippen LogP contribution >= 0.6 is 11.3 Å². The molecule has 0 aliphatic rings. The quantitative estimate of drug-likeness (QED) is 0.148. The molecule has 0 N–H and O–H groups in total. The summed E-state index contributed by atoms with van der Waals surface area (Å²) in [5.41, 5.74) is 9.17. The van der Waals surface area contributed by atoms with Gasteiger partial charge in [-0.2, -0.15) is 0 Å². The summed E-state index contributed by atoms with van der Waals surface area (Å²) in [4.78, 5) is 4.80. The van der Waals surface area contributed by atoms with Crippen LogP contribution in [0.25, 0.3) is 74.4 Å². The minimum absolute atomic E-state index is 1.12. The topological polar surface area (TPSA) is 6.48 Å². The summed E-state index contributed by atoms with van der Waals surface area (Å²) in [6.45, 7) is 0. The Kier molecular flexibility index (Phi) is 8.39. The van der Waals surface area contributed by atoms with Crippen molar-refractivity contribution < 1.29 is 0 Å². The minimum atomic E-state index is 1.12. The molecule has 0 radical (unpaired) electrons. The van der Waals surface area contributed by atoms with E-state index in [2.05, 4.69) is 240 Å². The Morgan fingerprint density at radius 1 is 0.295 bits per heavy atom. The van der Waals surface area contributed by atoms with E-state index in [1.807, 2.05) is 11.3 Å². The lowest BCUT2D eigenvalue weighted by molar-refractivity contribution is 1.29. The highest BCUT2D eigenvalue weighted by Gasteiger charge is 2.21. The maximum atomic E-state index is 2.40. The van der Waals surface area contributed by atoms with Crippen molar-refractivity contribution in [2.45, 2.75) is 0 Å². The third-order valence-corrected chi connectivity index (χ3v) is 13.4. The SMILES string of the molecule is c1ccc(-c2ccccc2N(c2ccccc2)c2ccc3c(c2)sc2c4ccc(N(c5ccccc5)c5ccc6c(ccc7ccccc76)c5)cc4c4ccccc4c32)cc1. The first kappa shape index (κ1) is 35.2. The molecule has 12 rings (SSSR count). The van der Waals surface area contributed by atoms with Crippen LogP contribution in [0, 0.1) is 0 Å². The van der Waals surface area contributed by atoms with Crippen LogP contribution in [-0.4, -0.2) is 0 Å². The van der Waals surface area contributed by atoms with Gasteiger partial charge in [-0.3, -0.25) is 0 Å². The van der Waals surface area contributed by atoms with Gasteiger partial charge < -0.3 is 9.80 Å². The van der Waals surface area contributed by atoms with Crippen LogP contribution in [0.3, 0.4) is 0 Å². The Labute approximate surface area is 358 Å². The summed E-state index contributed by atoms with van der Waals surface area (Å²) in [6.07, 6.45) is 0. The van der Waals surface area contributed by atoms with Gasteiger partial charge in [0.1, 0.15) is 0 Å². The van der Waals surface area contributed by atoms with Crippen LogP contribution in [0.5, 0.6) is 0 Å². The molecule has 2 nitrogen and oxygen atoms in total. The van der Waals surface area contributed by atoms with E-state index in [0.29, 0.717) is 0 Å². The van der Waals surface area contributed by atoms with Crippen molar-refractivity contribution in [3.8, 4) is 11.1 Å². The Morgan fingerprint density at radius 2 is 0.836 bits per heavy atom. The van der Waals surface area contributed by atoms with Crippen molar-refractivity contribution in [1.82, 2.24) is 0 Å². The maximum absolute atomic E-state index is 2.40. The van der Waals surface area contributed by atoms with E-state index >= 15 is 0 Å². The fourth-order valence-corrected chi connectivity index (χ4v) is 10.7. The van der Waals surface area contributed by atoms with Crippen LogP contribution in [-0.2, 0) is 0 Å². The fraction of sp³-hybridized carbons (Fsp3) is 0. The molecule has 0 atom stereocenters. The molecule has 0 spiro atoms. The number of anilines is 6. The largest absolute Gasteiger partial charge is 0.310 e. The van der Waals surface area contributed by atoms with Crippen LogP contribution in [0.2, 0.25) is 0 Å². The van der Waals surface area contributed by atoms with Crippen LogP contribution in [0.1, 0.15) is 0 Å². The molecule has 0 aliphatic carbocycles. The highest BCUT2D eigenvalue weighted by Crippen LogP contribution is 2.48. The molecular weight excluding hydrogens is 757 g/mol. The Bertz CT molecular complexity index is 3600. The van der Waals surface area contributed by atoms with Gasteiger partial charge in [-0.25, -0.2) is 0 Å². The second-order valence-electron chi connectivity index (χ2n) is 15.7. The molecule has 12 aromatic rings. The highest BCUT2D eigenvalue weighted by atomic mass is 32.1. The maximum Gasteiger partial charge on any atom is 0.0540 e. The predicted octanol–water partition coefficient (Wildman–Crippen LogP) is 17.3. The molecule has 1 aromatic heterocycles. The third-order valence-electron chi connectivity index (χ3n) is 12.2. The molecule has 61 heavy (non-hydrogen) atoms. The van der Waals surface area contributed by atoms with E-state index in [4.69, 9.17) is 0 Å². The molecule has 3 heteroatoms. The normalized spacial score (nSPS) is 11.6. The van der Waals surface area contributed by atoms with Gasteiger partial charge in [-0.15, -0.1) is 11.3 Å². The summed E-state index contributed by atoms with van der Waals surface area (Å²) in [5, 5.41) is 12.7. The molecule has 286 valence electrons. The van der Waals surface area contributed by atoms with Crippen molar-refractivity contribution in [3.05, 3.63) is 231 Å². The zero-order chi connectivity index (χ0) is 40.3. The molecule has 0 saturated heterocycles. The second-order valence-corrected chi connectivity index (χ2v) is 16.7. The number of fused-ring (bicyclic) bond motifs is 11. The van der Waals surface area contributed by atoms with E-state index in [0.717, 1.165) is 34.1 Å². The third kappa shape index (κ3) is 5.93. The first-order chi connectivity index (χ1) is 30.3. The van der Waals surface area contributed by atoms with E-state index in [1.54, 1.807) is 0 Å². The summed E-state index contributed by atoms with van der Waals surface area (Å²) >= 11 is 1.90. The summed E-state index contributed by atoms with van der Waals surface area (Å²) in [7, 11) is 0. The first-order valence-electron chi connectivity index (χ1n) is 20.8. The van der Waals surface area contributed by atoms with Crippen molar-refractivity contribution in [3.63, 3.8) is 0 Å². The Hall–Kier alpha value is -7.72. The number of hydrogen-bond donors (Lipinski definition) is 0. The Balaban J connectivity index is 1.04. The predicted molar refractivity (Wildman–Crippen MR) is 264 cm³/mol. The number of rotatable bonds is 7. The van der Waals surface area contributed by atoms with E-state index in [-0.39, 0.29) is 0 Å². The van der Waals surface area contributed by atoms with E-state index < -0.39 is 0 Å². The van der Waals surface area contributed by atoms with Crippen LogP contribution in [0.15, 0.2) is 231 Å². The minimum Gasteiger partial charge on any atom is -0.310 e. The lowest BCUT2D eigenvalue weighted by Gasteiger charge is -2.28. The molecule has 0 unspecified atom stereocenters. The lowest BCUT2D eigenvalue weighted by atomic mass is 9.96. The zero-order valence-electron chi connectivity index (χ0n) is 33.2.